The molecule has 2 atom stereocenters. The fourth-order valence-corrected chi connectivity index (χ4v) is 3.16. The van der Waals surface area contributed by atoms with Crippen molar-refractivity contribution in [3.8, 4) is 6.07 Å². The molecule has 0 bridgehead atoms. The lowest BCUT2D eigenvalue weighted by Crippen LogP contribution is -2.31. The Bertz CT molecular complexity index is 737. The second-order valence-corrected chi connectivity index (χ2v) is 6.19. The predicted octanol–water partition coefficient (Wildman–Crippen LogP) is 2.69. The number of halogens is 1. The standard InChI is InChI=1S/C18H21FN4O/c1-23-12-16(11-22-23)18-15(3-2-6-24-18)10-21-9-14-5-4-13(8-20)7-17(14)19/h4-5,7,11-12,15,18,21H,2-3,6,9-10H2,1H3/t15-,18+/m0/s1. The lowest BCUT2D eigenvalue weighted by molar-refractivity contribution is -0.0279. The summed E-state index contributed by atoms with van der Waals surface area (Å²) in [7, 11) is 1.90. The van der Waals surface area contributed by atoms with Gasteiger partial charge in [0.25, 0.3) is 0 Å². The van der Waals surface area contributed by atoms with Crippen LogP contribution in [0.2, 0.25) is 0 Å². The van der Waals surface area contributed by atoms with Crippen LogP contribution in [-0.2, 0) is 18.3 Å². The average molecular weight is 328 g/mol. The minimum absolute atomic E-state index is 0.0331. The summed E-state index contributed by atoms with van der Waals surface area (Å²) in [5.74, 6) is -0.00496. The molecule has 1 saturated heterocycles. The summed E-state index contributed by atoms with van der Waals surface area (Å²) in [5, 5.41) is 16.3. The zero-order valence-corrected chi connectivity index (χ0v) is 13.7. The summed E-state index contributed by atoms with van der Waals surface area (Å²) >= 11 is 0. The van der Waals surface area contributed by atoms with Gasteiger partial charge in [-0.1, -0.05) is 6.07 Å². The third-order valence-electron chi connectivity index (χ3n) is 4.40. The SMILES string of the molecule is Cn1cc([C@@H]2OCCC[C@H]2CNCc2ccc(C#N)cc2F)cn1. The molecule has 3 rings (SSSR count). The Balaban J connectivity index is 1.59. The third kappa shape index (κ3) is 3.81. The Morgan fingerprint density at radius 3 is 3.08 bits per heavy atom. The fourth-order valence-electron chi connectivity index (χ4n) is 3.16. The first-order valence-corrected chi connectivity index (χ1v) is 8.17. The predicted molar refractivity (Wildman–Crippen MR) is 87.4 cm³/mol. The normalized spacial score (nSPS) is 20.7. The smallest absolute Gasteiger partial charge is 0.129 e. The number of aryl methyl sites for hydroxylation is 1. The highest BCUT2D eigenvalue weighted by Gasteiger charge is 2.28. The first-order valence-electron chi connectivity index (χ1n) is 8.17. The summed E-state index contributed by atoms with van der Waals surface area (Å²) in [6, 6.07) is 6.53. The van der Waals surface area contributed by atoms with Crippen LogP contribution in [0.15, 0.2) is 30.6 Å². The van der Waals surface area contributed by atoms with Gasteiger partial charge in [-0.2, -0.15) is 10.4 Å². The van der Waals surface area contributed by atoms with Crippen LogP contribution in [0.25, 0.3) is 0 Å². The van der Waals surface area contributed by atoms with Gasteiger partial charge in [-0.15, -0.1) is 0 Å². The van der Waals surface area contributed by atoms with E-state index in [0.717, 1.165) is 31.6 Å². The zero-order valence-electron chi connectivity index (χ0n) is 13.7. The number of nitriles is 1. The van der Waals surface area contributed by atoms with E-state index in [1.165, 1.54) is 6.07 Å². The first kappa shape index (κ1) is 16.6. The highest BCUT2D eigenvalue weighted by Crippen LogP contribution is 2.33. The van der Waals surface area contributed by atoms with Gasteiger partial charge in [0.1, 0.15) is 5.82 Å². The van der Waals surface area contributed by atoms with Crippen LogP contribution in [0.5, 0.6) is 0 Å². The molecular formula is C18H21FN4O. The Hall–Kier alpha value is -2.23. The van der Waals surface area contributed by atoms with E-state index in [0.29, 0.717) is 23.6 Å². The lowest BCUT2D eigenvalue weighted by Gasteiger charge is -2.31. The summed E-state index contributed by atoms with van der Waals surface area (Å²) in [4.78, 5) is 0. The maximum atomic E-state index is 13.9. The quantitative estimate of drug-likeness (QED) is 0.916. The molecule has 1 aromatic carbocycles. The number of nitrogens with zero attached hydrogens (tertiary/aromatic N) is 3. The van der Waals surface area contributed by atoms with E-state index in [4.69, 9.17) is 10.00 Å². The molecule has 1 aromatic heterocycles. The van der Waals surface area contributed by atoms with Crippen molar-refractivity contribution in [3.63, 3.8) is 0 Å². The maximum Gasteiger partial charge on any atom is 0.129 e. The molecule has 0 saturated carbocycles. The van der Waals surface area contributed by atoms with E-state index in [1.807, 2.05) is 25.5 Å². The molecule has 1 aliphatic rings. The van der Waals surface area contributed by atoms with E-state index in [9.17, 15) is 4.39 Å². The van der Waals surface area contributed by atoms with Crippen molar-refractivity contribution in [3.05, 3.63) is 53.1 Å². The van der Waals surface area contributed by atoms with Crippen LogP contribution in [0.3, 0.4) is 0 Å². The van der Waals surface area contributed by atoms with Crippen molar-refractivity contribution in [2.24, 2.45) is 13.0 Å². The van der Waals surface area contributed by atoms with E-state index < -0.39 is 0 Å². The number of ether oxygens (including phenoxy) is 1. The van der Waals surface area contributed by atoms with Crippen molar-refractivity contribution < 1.29 is 9.13 Å². The van der Waals surface area contributed by atoms with Gasteiger partial charge in [0.15, 0.2) is 0 Å². The molecule has 24 heavy (non-hydrogen) atoms. The van der Waals surface area contributed by atoms with Crippen LogP contribution in [0, 0.1) is 23.1 Å². The zero-order chi connectivity index (χ0) is 16.9. The largest absolute Gasteiger partial charge is 0.373 e. The Morgan fingerprint density at radius 1 is 1.50 bits per heavy atom. The number of rotatable bonds is 5. The molecule has 0 amide bonds. The first-order chi connectivity index (χ1) is 11.7. The van der Waals surface area contributed by atoms with Crippen LogP contribution < -0.4 is 5.32 Å². The average Bonchev–Trinajstić information content (AvgIpc) is 3.03. The molecule has 1 N–H and O–H groups in total. The number of hydrogen-bond donors (Lipinski definition) is 1. The van der Waals surface area contributed by atoms with Crippen molar-refractivity contribution >= 4 is 0 Å². The van der Waals surface area contributed by atoms with E-state index in [2.05, 4.69) is 10.4 Å². The van der Waals surface area contributed by atoms with Gasteiger partial charge < -0.3 is 10.1 Å². The minimum Gasteiger partial charge on any atom is -0.373 e. The second-order valence-electron chi connectivity index (χ2n) is 6.19. The molecule has 6 heteroatoms. The van der Waals surface area contributed by atoms with Crippen LogP contribution in [0.4, 0.5) is 4.39 Å². The van der Waals surface area contributed by atoms with Crippen LogP contribution in [-0.4, -0.2) is 22.9 Å². The minimum atomic E-state index is -0.342. The Morgan fingerprint density at radius 2 is 2.38 bits per heavy atom. The Labute approximate surface area is 141 Å². The number of benzene rings is 1. The maximum absolute atomic E-state index is 13.9. The monoisotopic (exact) mass is 328 g/mol. The fraction of sp³-hybridized carbons (Fsp3) is 0.444. The van der Waals surface area contributed by atoms with Crippen LogP contribution in [0.1, 0.15) is 35.6 Å². The highest BCUT2D eigenvalue weighted by atomic mass is 19.1. The van der Waals surface area contributed by atoms with Gasteiger partial charge >= 0.3 is 0 Å². The number of nitrogens with one attached hydrogen (secondary N) is 1. The van der Waals surface area contributed by atoms with Gasteiger partial charge in [-0.05, 0) is 25.0 Å². The third-order valence-corrected chi connectivity index (χ3v) is 4.40. The van der Waals surface area contributed by atoms with Gasteiger partial charge in [-0.25, -0.2) is 4.39 Å². The molecule has 5 nitrogen and oxygen atoms in total. The van der Waals surface area contributed by atoms with Crippen molar-refractivity contribution in [2.45, 2.75) is 25.5 Å². The van der Waals surface area contributed by atoms with Gasteiger partial charge in [-0.3, -0.25) is 4.68 Å². The molecule has 2 aromatic rings. The molecule has 2 heterocycles. The molecule has 0 aliphatic carbocycles. The molecule has 1 aliphatic heterocycles. The topological polar surface area (TPSA) is 62.9 Å². The van der Waals surface area contributed by atoms with Crippen molar-refractivity contribution in [1.82, 2.24) is 15.1 Å². The second kappa shape index (κ2) is 7.56. The summed E-state index contributed by atoms with van der Waals surface area (Å²) < 4.78 is 21.6. The molecule has 0 spiro atoms. The van der Waals surface area contributed by atoms with Gasteiger partial charge in [0.05, 0.1) is 23.9 Å². The molecule has 0 unspecified atom stereocenters. The van der Waals surface area contributed by atoms with Crippen molar-refractivity contribution in [2.75, 3.05) is 13.2 Å². The van der Waals surface area contributed by atoms with Gasteiger partial charge in [0, 0.05) is 50.0 Å². The van der Waals surface area contributed by atoms with Gasteiger partial charge in [0.2, 0.25) is 0 Å². The summed E-state index contributed by atoms with van der Waals surface area (Å²) in [6.07, 6.45) is 5.98. The van der Waals surface area contributed by atoms with E-state index in [1.54, 1.807) is 16.8 Å². The number of aromatic nitrogens is 2. The summed E-state index contributed by atoms with van der Waals surface area (Å²) in [6.45, 7) is 1.95. The highest BCUT2D eigenvalue weighted by molar-refractivity contribution is 5.32. The summed E-state index contributed by atoms with van der Waals surface area (Å²) in [5.41, 5.74) is 2.01. The van der Waals surface area contributed by atoms with Crippen LogP contribution >= 0.6 is 0 Å². The lowest BCUT2D eigenvalue weighted by atomic mass is 9.91. The molecule has 0 radical (unpaired) electrons. The van der Waals surface area contributed by atoms with E-state index in [-0.39, 0.29) is 11.9 Å². The number of hydrogen-bond acceptors (Lipinski definition) is 4. The molecule has 126 valence electrons. The van der Waals surface area contributed by atoms with E-state index >= 15 is 0 Å². The van der Waals surface area contributed by atoms with Crippen molar-refractivity contribution in [1.29, 1.82) is 5.26 Å². The molecular weight excluding hydrogens is 307 g/mol. The Kier molecular flexibility index (Phi) is 5.24. The molecule has 1 fully saturated rings.